The number of rotatable bonds is 5. The largest absolute Gasteiger partial charge is 0.488 e. The van der Waals surface area contributed by atoms with Gasteiger partial charge in [-0.1, -0.05) is 64.5 Å². The zero-order valence-electron chi connectivity index (χ0n) is 13.8. The number of halogens is 1. The average molecular weight is 396 g/mol. The highest BCUT2D eigenvalue weighted by Gasteiger charge is 2.14. The number of nitrogens with one attached hydrogen (secondary N) is 1. The van der Waals surface area contributed by atoms with Crippen molar-refractivity contribution in [2.45, 2.75) is 13.5 Å². The van der Waals surface area contributed by atoms with Gasteiger partial charge in [0.25, 0.3) is 5.91 Å². The fourth-order valence-electron chi connectivity index (χ4n) is 2.44. The normalized spacial score (nSPS) is 10.3. The lowest BCUT2D eigenvalue weighted by atomic mass is 10.1. The van der Waals surface area contributed by atoms with Gasteiger partial charge in [0.1, 0.15) is 12.4 Å². The maximum Gasteiger partial charge on any atom is 0.259 e. The molecule has 0 aliphatic heterocycles. The fraction of sp³-hybridized carbons (Fsp3) is 0.0952. The summed E-state index contributed by atoms with van der Waals surface area (Å²) in [4.78, 5) is 12.7. The molecule has 0 radical (unpaired) electrons. The molecule has 3 aromatic carbocycles. The zero-order chi connectivity index (χ0) is 17.6. The maximum atomic E-state index is 12.7. The third-order valence-electron chi connectivity index (χ3n) is 3.82. The predicted molar refractivity (Wildman–Crippen MR) is 104 cm³/mol. The topological polar surface area (TPSA) is 38.3 Å². The van der Waals surface area contributed by atoms with Crippen LogP contribution in [0.25, 0.3) is 0 Å². The van der Waals surface area contributed by atoms with E-state index in [1.54, 1.807) is 12.1 Å². The number of hydrogen-bond acceptors (Lipinski definition) is 2. The van der Waals surface area contributed by atoms with Crippen LogP contribution in [-0.2, 0) is 6.61 Å². The average Bonchev–Trinajstić information content (AvgIpc) is 2.63. The van der Waals surface area contributed by atoms with Crippen molar-refractivity contribution in [2.24, 2.45) is 0 Å². The van der Waals surface area contributed by atoms with Gasteiger partial charge >= 0.3 is 0 Å². The molecular weight excluding hydrogens is 378 g/mol. The molecule has 0 fully saturated rings. The van der Waals surface area contributed by atoms with Crippen LogP contribution in [-0.4, -0.2) is 5.91 Å². The second-order valence-electron chi connectivity index (χ2n) is 5.68. The monoisotopic (exact) mass is 395 g/mol. The Labute approximate surface area is 155 Å². The maximum absolute atomic E-state index is 12.7. The highest BCUT2D eigenvalue weighted by atomic mass is 79.9. The first-order valence-electron chi connectivity index (χ1n) is 7.97. The van der Waals surface area contributed by atoms with Gasteiger partial charge in [0, 0.05) is 10.2 Å². The summed E-state index contributed by atoms with van der Waals surface area (Å²) < 4.78 is 6.71. The number of anilines is 1. The minimum absolute atomic E-state index is 0.196. The summed E-state index contributed by atoms with van der Waals surface area (Å²) in [5.74, 6) is 0.358. The number of aryl methyl sites for hydroxylation is 1. The van der Waals surface area contributed by atoms with Gasteiger partial charge in [-0.2, -0.15) is 0 Å². The van der Waals surface area contributed by atoms with E-state index in [0.717, 1.165) is 21.3 Å². The Kier molecular flexibility index (Phi) is 5.51. The van der Waals surface area contributed by atoms with Crippen LogP contribution in [0.3, 0.4) is 0 Å². The Morgan fingerprint density at radius 3 is 2.48 bits per heavy atom. The van der Waals surface area contributed by atoms with Crippen molar-refractivity contribution in [3.05, 3.63) is 94.0 Å². The predicted octanol–water partition coefficient (Wildman–Crippen LogP) is 5.59. The Balaban J connectivity index is 1.81. The molecule has 25 heavy (non-hydrogen) atoms. The molecule has 0 atom stereocenters. The lowest BCUT2D eigenvalue weighted by Crippen LogP contribution is -2.14. The number of carbonyl (C=O) groups is 1. The molecule has 3 aromatic rings. The fourth-order valence-corrected chi connectivity index (χ4v) is 2.80. The number of para-hydroxylation sites is 1. The standard InChI is InChI=1S/C21H18BrNO2/c1-15-7-5-6-10-19(15)23-21(24)18-13-17(22)11-12-20(18)25-14-16-8-3-2-4-9-16/h2-13H,14H2,1H3,(H,23,24). The van der Waals surface area contributed by atoms with Crippen LogP contribution in [0.4, 0.5) is 5.69 Å². The quantitative estimate of drug-likeness (QED) is 0.611. The molecule has 126 valence electrons. The van der Waals surface area contributed by atoms with E-state index in [9.17, 15) is 4.79 Å². The number of carbonyl (C=O) groups excluding carboxylic acids is 1. The summed E-state index contributed by atoms with van der Waals surface area (Å²) >= 11 is 3.42. The highest BCUT2D eigenvalue weighted by molar-refractivity contribution is 9.10. The second-order valence-corrected chi connectivity index (χ2v) is 6.60. The number of ether oxygens (including phenoxy) is 1. The van der Waals surface area contributed by atoms with Crippen molar-refractivity contribution in [3.63, 3.8) is 0 Å². The summed E-state index contributed by atoms with van der Waals surface area (Å²) in [7, 11) is 0. The lowest BCUT2D eigenvalue weighted by Gasteiger charge is -2.13. The van der Waals surface area contributed by atoms with Crippen molar-refractivity contribution in [1.29, 1.82) is 0 Å². The summed E-state index contributed by atoms with van der Waals surface area (Å²) in [6, 6.07) is 23.0. The second kappa shape index (κ2) is 7.99. The molecule has 0 saturated carbocycles. The zero-order valence-corrected chi connectivity index (χ0v) is 15.4. The van der Waals surface area contributed by atoms with Crippen LogP contribution in [0.2, 0.25) is 0 Å². The van der Waals surface area contributed by atoms with Gasteiger partial charge in [0.15, 0.2) is 0 Å². The van der Waals surface area contributed by atoms with Crippen LogP contribution < -0.4 is 10.1 Å². The molecule has 0 aliphatic carbocycles. The molecule has 0 heterocycles. The molecule has 0 spiro atoms. The molecule has 0 bridgehead atoms. The Hall–Kier alpha value is -2.59. The minimum Gasteiger partial charge on any atom is -0.488 e. The van der Waals surface area contributed by atoms with Gasteiger partial charge in [-0.3, -0.25) is 4.79 Å². The first-order chi connectivity index (χ1) is 12.1. The SMILES string of the molecule is Cc1ccccc1NC(=O)c1cc(Br)ccc1OCc1ccccc1. The van der Waals surface area contributed by atoms with Crippen LogP contribution in [0.15, 0.2) is 77.3 Å². The third kappa shape index (κ3) is 4.48. The van der Waals surface area contributed by atoms with E-state index in [-0.39, 0.29) is 5.91 Å². The lowest BCUT2D eigenvalue weighted by molar-refractivity contribution is 0.102. The van der Waals surface area contributed by atoms with Crippen molar-refractivity contribution in [1.82, 2.24) is 0 Å². The molecule has 0 unspecified atom stereocenters. The van der Waals surface area contributed by atoms with E-state index in [0.29, 0.717) is 17.9 Å². The molecule has 0 aliphatic rings. The molecule has 4 heteroatoms. The van der Waals surface area contributed by atoms with Crippen molar-refractivity contribution >= 4 is 27.5 Å². The van der Waals surface area contributed by atoms with Crippen LogP contribution in [0, 0.1) is 6.92 Å². The Morgan fingerprint density at radius 1 is 1.00 bits per heavy atom. The Bertz CT molecular complexity index is 878. The number of hydrogen-bond donors (Lipinski definition) is 1. The van der Waals surface area contributed by atoms with Gasteiger partial charge < -0.3 is 10.1 Å². The molecular formula is C21H18BrNO2. The van der Waals surface area contributed by atoms with Gasteiger partial charge in [-0.05, 0) is 42.3 Å². The van der Waals surface area contributed by atoms with E-state index in [2.05, 4.69) is 21.2 Å². The van der Waals surface area contributed by atoms with E-state index in [4.69, 9.17) is 4.74 Å². The van der Waals surface area contributed by atoms with Crippen LogP contribution in [0.1, 0.15) is 21.5 Å². The highest BCUT2D eigenvalue weighted by Crippen LogP contribution is 2.26. The minimum atomic E-state index is -0.196. The smallest absolute Gasteiger partial charge is 0.259 e. The third-order valence-corrected chi connectivity index (χ3v) is 4.31. The first kappa shape index (κ1) is 17.2. The first-order valence-corrected chi connectivity index (χ1v) is 8.76. The van der Waals surface area contributed by atoms with Crippen molar-refractivity contribution in [2.75, 3.05) is 5.32 Å². The molecule has 3 rings (SSSR count). The number of amides is 1. The summed E-state index contributed by atoms with van der Waals surface area (Å²) in [5, 5.41) is 2.95. The van der Waals surface area contributed by atoms with Crippen LogP contribution >= 0.6 is 15.9 Å². The van der Waals surface area contributed by atoms with Gasteiger partial charge in [-0.15, -0.1) is 0 Å². The van der Waals surface area contributed by atoms with Crippen molar-refractivity contribution < 1.29 is 9.53 Å². The van der Waals surface area contributed by atoms with E-state index in [1.807, 2.05) is 67.6 Å². The summed E-state index contributed by atoms with van der Waals surface area (Å²) in [5.41, 5.74) is 3.35. The summed E-state index contributed by atoms with van der Waals surface area (Å²) in [6.45, 7) is 2.37. The van der Waals surface area contributed by atoms with Gasteiger partial charge in [0.05, 0.1) is 5.56 Å². The van der Waals surface area contributed by atoms with Crippen LogP contribution in [0.5, 0.6) is 5.75 Å². The van der Waals surface area contributed by atoms with Crippen molar-refractivity contribution in [3.8, 4) is 5.75 Å². The molecule has 0 saturated heterocycles. The Morgan fingerprint density at radius 2 is 1.72 bits per heavy atom. The molecule has 3 nitrogen and oxygen atoms in total. The molecule has 0 aromatic heterocycles. The molecule has 1 amide bonds. The van der Waals surface area contributed by atoms with E-state index < -0.39 is 0 Å². The van der Waals surface area contributed by atoms with Gasteiger partial charge in [-0.25, -0.2) is 0 Å². The van der Waals surface area contributed by atoms with E-state index in [1.165, 1.54) is 0 Å². The number of benzene rings is 3. The molecule has 1 N–H and O–H groups in total. The van der Waals surface area contributed by atoms with E-state index >= 15 is 0 Å². The summed E-state index contributed by atoms with van der Waals surface area (Å²) in [6.07, 6.45) is 0. The van der Waals surface area contributed by atoms with Gasteiger partial charge in [0.2, 0.25) is 0 Å².